The third kappa shape index (κ3) is 5.37. The first-order valence-corrected chi connectivity index (χ1v) is 9.62. The number of aromatic nitrogens is 3. The third-order valence-electron chi connectivity index (χ3n) is 4.39. The number of piperidine rings is 1. The molecular weight excluding hydrogens is 438 g/mol. The van der Waals surface area contributed by atoms with Gasteiger partial charge in [0.25, 0.3) is 0 Å². The molecule has 0 bridgehead atoms. The van der Waals surface area contributed by atoms with Crippen LogP contribution in [-0.4, -0.2) is 46.0 Å². The number of hydrogen-bond donors (Lipinski definition) is 1. The summed E-state index contributed by atoms with van der Waals surface area (Å²) in [5.41, 5.74) is -0.662. The Labute approximate surface area is 175 Å². The van der Waals surface area contributed by atoms with Gasteiger partial charge in [0, 0.05) is 11.6 Å². The summed E-state index contributed by atoms with van der Waals surface area (Å²) in [6.07, 6.45) is -2.76. The molecule has 5 nitrogen and oxygen atoms in total. The molecule has 1 aliphatic heterocycles. The Balaban J connectivity index is 1.97. The van der Waals surface area contributed by atoms with Crippen LogP contribution in [0.2, 0.25) is 0 Å². The number of nitrogens with zero attached hydrogens (tertiary/aromatic N) is 4. The Kier molecular flexibility index (Phi) is 6.24. The van der Waals surface area contributed by atoms with Gasteiger partial charge in [-0.1, -0.05) is 46.9 Å². The fourth-order valence-corrected chi connectivity index (χ4v) is 3.12. The van der Waals surface area contributed by atoms with E-state index in [-0.39, 0.29) is 29.2 Å². The second-order valence-corrected chi connectivity index (χ2v) is 8.89. The normalized spacial score (nSPS) is 17.0. The Bertz CT molecular complexity index is 834. The van der Waals surface area contributed by atoms with Crippen molar-refractivity contribution in [3.8, 4) is 11.4 Å². The number of benzene rings is 1. The predicted octanol–water partition coefficient (Wildman–Crippen LogP) is 4.89. The predicted molar refractivity (Wildman–Crippen MR) is 104 cm³/mol. The van der Waals surface area contributed by atoms with Crippen molar-refractivity contribution in [3.63, 3.8) is 0 Å². The molecule has 152 valence electrons. The van der Waals surface area contributed by atoms with Gasteiger partial charge in [-0.2, -0.15) is 23.1 Å². The summed E-state index contributed by atoms with van der Waals surface area (Å²) in [6.45, 7) is 1.81. The highest BCUT2D eigenvalue weighted by molar-refractivity contribution is 6.66. The molecule has 0 amide bonds. The number of hydrogen-bond acceptors (Lipinski definition) is 5. The van der Waals surface area contributed by atoms with Crippen LogP contribution in [0.3, 0.4) is 0 Å². The van der Waals surface area contributed by atoms with Crippen LogP contribution >= 0.6 is 34.8 Å². The van der Waals surface area contributed by atoms with Gasteiger partial charge in [-0.15, -0.1) is 0 Å². The smallest absolute Gasteiger partial charge is 0.351 e. The van der Waals surface area contributed by atoms with Gasteiger partial charge in [0.15, 0.2) is 11.6 Å². The summed E-state index contributed by atoms with van der Waals surface area (Å²) in [5, 5.41) is 3.18. The number of anilines is 1. The van der Waals surface area contributed by atoms with Gasteiger partial charge < -0.3 is 10.2 Å². The Morgan fingerprint density at radius 2 is 1.75 bits per heavy atom. The molecule has 28 heavy (non-hydrogen) atoms. The van der Waals surface area contributed by atoms with Crippen LogP contribution in [0.15, 0.2) is 24.3 Å². The Morgan fingerprint density at radius 3 is 2.36 bits per heavy atom. The van der Waals surface area contributed by atoms with E-state index in [1.165, 1.54) is 12.1 Å². The van der Waals surface area contributed by atoms with E-state index < -0.39 is 15.5 Å². The van der Waals surface area contributed by atoms with E-state index in [1.54, 1.807) is 0 Å². The molecule has 0 unspecified atom stereocenters. The summed E-state index contributed by atoms with van der Waals surface area (Å²) >= 11 is 17.8. The van der Waals surface area contributed by atoms with E-state index in [4.69, 9.17) is 34.8 Å². The largest absolute Gasteiger partial charge is 0.416 e. The lowest BCUT2D eigenvalue weighted by molar-refractivity contribution is -0.137. The summed E-state index contributed by atoms with van der Waals surface area (Å²) < 4.78 is 37.2. The minimum absolute atomic E-state index is 0.00199. The van der Waals surface area contributed by atoms with E-state index in [0.29, 0.717) is 0 Å². The molecule has 0 spiro atoms. The molecule has 2 heterocycles. The third-order valence-corrected chi connectivity index (χ3v) is 4.90. The first-order chi connectivity index (χ1) is 13.0. The van der Waals surface area contributed by atoms with Gasteiger partial charge in [0.1, 0.15) is 0 Å². The molecule has 1 aliphatic rings. The molecule has 0 radical (unpaired) electrons. The van der Waals surface area contributed by atoms with Crippen molar-refractivity contribution in [3.05, 3.63) is 35.7 Å². The van der Waals surface area contributed by atoms with Gasteiger partial charge in [-0.3, -0.25) is 0 Å². The molecule has 3 rings (SSSR count). The van der Waals surface area contributed by atoms with E-state index >= 15 is 0 Å². The number of halogens is 6. The molecule has 1 aromatic carbocycles. The second-order valence-electron chi connectivity index (χ2n) is 6.60. The first kappa shape index (κ1) is 21.4. The fraction of sp³-hybridized carbons (Fsp3) is 0.471. The standard InChI is InChI=1S/C17H17Cl3F3N5/c1-28-7-5-12(6-8-28)24-15-26-13(25-14(27-15)16(18,19)20)10-3-2-4-11(9-10)17(21,22)23/h2-4,9,12H,5-8H2,1H3,(H,24,25,26,27). The molecule has 0 atom stereocenters. The lowest BCUT2D eigenvalue weighted by atomic mass is 10.1. The van der Waals surface area contributed by atoms with E-state index in [1.807, 2.05) is 7.05 Å². The lowest BCUT2D eigenvalue weighted by Gasteiger charge is -2.29. The van der Waals surface area contributed by atoms with Gasteiger partial charge in [0.2, 0.25) is 9.74 Å². The summed E-state index contributed by atoms with van der Waals surface area (Å²) in [4.78, 5) is 14.7. The van der Waals surface area contributed by atoms with Crippen LogP contribution in [-0.2, 0) is 9.97 Å². The maximum Gasteiger partial charge on any atom is 0.416 e. The van der Waals surface area contributed by atoms with Gasteiger partial charge in [0.05, 0.1) is 5.56 Å². The van der Waals surface area contributed by atoms with Crippen molar-refractivity contribution in [1.82, 2.24) is 19.9 Å². The summed E-state index contributed by atoms with van der Waals surface area (Å²) in [7, 11) is 2.03. The highest BCUT2D eigenvalue weighted by atomic mass is 35.6. The average molecular weight is 455 g/mol. The molecule has 1 aromatic heterocycles. The van der Waals surface area contributed by atoms with E-state index in [0.717, 1.165) is 38.1 Å². The second kappa shape index (κ2) is 8.18. The van der Waals surface area contributed by atoms with Crippen molar-refractivity contribution >= 4 is 40.8 Å². The number of nitrogens with one attached hydrogen (secondary N) is 1. The lowest BCUT2D eigenvalue weighted by Crippen LogP contribution is -2.37. The highest BCUT2D eigenvalue weighted by Gasteiger charge is 2.32. The van der Waals surface area contributed by atoms with Crippen LogP contribution in [0.4, 0.5) is 19.1 Å². The highest BCUT2D eigenvalue weighted by Crippen LogP contribution is 2.37. The van der Waals surface area contributed by atoms with E-state index in [2.05, 4.69) is 25.2 Å². The van der Waals surface area contributed by atoms with Crippen molar-refractivity contribution in [2.45, 2.75) is 28.9 Å². The summed E-state index contributed by atoms with van der Waals surface area (Å²) in [5.74, 6) is 0.00600. The zero-order chi connectivity index (χ0) is 20.5. The number of likely N-dealkylation sites (tertiary alicyclic amines) is 1. The quantitative estimate of drug-likeness (QED) is 0.669. The molecule has 1 fully saturated rings. The van der Waals surface area contributed by atoms with Crippen molar-refractivity contribution in [2.24, 2.45) is 0 Å². The van der Waals surface area contributed by atoms with Gasteiger partial charge >= 0.3 is 6.18 Å². The van der Waals surface area contributed by atoms with Crippen LogP contribution in [0.5, 0.6) is 0 Å². The molecule has 11 heteroatoms. The zero-order valence-corrected chi connectivity index (χ0v) is 17.0. The van der Waals surface area contributed by atoms with Crippen LogP contribution in [0, 0.1) is 0 Å². The molecule has 1 saturated heterocycles. The van der Waals surface area contributed by atoms with Crippen LogP contribution in [0.25, 0.3) is 11.4 Å². The van der Waals surface area contributed by atoms with E-state index in [9.17, 15) is 13.2 Å². The van der Waals surface area contributed by atoms with Gasteiger partial charge in [-0.25, -0.2) is 4.98 Å². The van der Waals surface area contributed by atoms with Crippen molar-refractivity contribution in [1.29, 1.82) is 0 Å². The molecule has 0 aliphatic carbocycles. The van der Waals surface area contributed by atoms with Crippen molar-refractivity contribution < 1.29 is 13.2 Å². The fourth-order valence-electron chi connectivity index (χ4n) is 2.87. The first-order valence-electron chi connectivity index (χ1n) is 8.48. The minimum Gasteiger partial charge on any atom is -0.351 e. The Morgan fingerprint density at radius 1 is 1.07 bits per heavy atom. The zero-order valence-electron chi connectivity index (χ0n) is 14.8. The van der Waals surface area contributed by atoms with Gasteiger partial charge in [-0.05, 0) is 45.1 Å². The topological polar surface area (TPSA) is 53.9 Å². The maximum absolute atomic E-state index is 13.0. The maximum atomic E-state index is 13.0. The van der Waals surface area contributed by atoms with Crippen molar-refractivity contribution in [2.75, 3.05) is 25.5 Å². The molecule has 0 saturated carbocycles. The number of rotatable bonds is 3. The SMILES string of the molecule is CN1CCC(Nc2nc(-c3cccc(C(F)(F)F)c3)nc(C(Cl)(Cl)Cl)n2)CC1. The van der Waals surface area contributed by atoms with Crippen LogP contribution in [0.1, 0.15) is 24.2 Å². The van der Waals surface area contributed by atoms with Crippen LogP contribution < -0.4 is 5.32 Å². The molecular formula is C17H17Cl3F3N5. The minimum atomic E-state index is -4.49. The Hall–Kier alpha value is -1.35. The monoisotopic (exact) mass is 453 g/mol. The average Bonchev–Trinajstić information content (AvgIpc) is 2.62. The number of alkyl halides is 6. The molecule has 1 N–H and O–H groups in total. The molecule has 2 aromatic rings. The summed E-state index contributed by atoms with van der Waals surface area (Å²) in [6, 6.07) is 4.78.